The van der Waals surface area contributed by atoms with Crippen molar-refractivity contribution >= 4 is 64.9 Å². The Labute approximate surface area is 682 Å². The van der Waals surface area contributed by atoms with E-state index in [0.29, 0.717) is 103 Å². The van der Waals surface area contributed by atoms with Crippen LogP contribution in [0.25, 0.3) is 22.3 Å². The SMILES string of the molecule is CCOC(=O)[C@@H](CO)CCc1cnc(C(=O)Nc2cccc(-c3cccc(CC(=O)c4cc(C5CC5)c(CN5CCCC[C@H]5C(=O)O)cn4)c3C)c2C)cc1C1CC1.CCOC(=O)[C@H](N)CO.Cc1c(CC(=O)c2cc(C3CC3)c(CN3CCCC[C@H]3C(=O)O)cn2)cccc1-c1cccc(NC(=O)c2cc(C3CC3)c(C=O)cn2)c1C. The van der Waals surface area contributed by atoms with E-state index in [2.05, 4.69) is 35.3 Å². The van der Waals surface area contributed by atoms with Crippen LogP contribution in [-0.2, 0) is 61.0 Å². The van der Waals surface area contributed by atoms with Gasteiger partial charge in [0, 0.05) is 67.7 Å². The van der Waals surface area contributed by atoms with Gasteiger partial charge >= 0.3 is 23.9 Å². The van der Waals surface area contributed by atoms with Crippen LogP contribution in [0.4, 0.5) is 11.4 Å². The van der Waals surface area contributed by atoms with Crippen molar-refractivity contribution in [2.24, 2.45) is 11.7 Å². The lowest BCUT2D eigenvalue weighted by Gasteiger charge is -2.33. The first-order chi connectivity index (χ1) is 56.5. The molecule has 614 valence electrons. The van der Waals surface area contributed by atoms with Gasteiger partial charge in [-0.3, -0.25) is 72.9 Å². The lowest BCUT2D eigenvalue weighted by atomic mass is 9.90. The number of piperidine rings is 2. The van der Waals surface area contributed by atoms with E-state index >= 15 is 0 Å². The number of aromatic nitrogens is 4. The summed E-state index contributed by atoms with van der Waals surface area (Å²) in [7, 11) is 0. The summed E-state index contributed by atoms with van der Waals surface area (Å²) in [5, 5.41) is 43.7. The highest BCUT2D eigenvalue weighted by Gasteiger charge is 2.36. The second kappa shape index (κ2) is 39.4. The van der Waals surface area contributed by atoms with E-state index < -0.39 is 47.9 Å². The number of aryl methyl sites for hydroxylation is 1. The van der Waals surface area contributed by atoms with Crippen molar-refractivity contribution in [3.63, 3.8) is 0 Å². The maximum Gasteiger partial charge on any atom is 0.325 e. The maximum absolute atomic E-state index is 13.8. The zero-order valence-electron chi connectivity index (χ0n) is 67.7. The van der Waals surface area contributed by atoms with Gasteiger partial charge in [0.2, 0.25) is 0 Å². The van der Waals surface area contributed by atoms with E-state index in [0.717, 1.165) is 191 Å². The number of carbonyl (C=O) groups is 9. The van der Waals surface area contributed by atoms with Crippen molar-refractivity contribution in [1.82, 2.24) is 29.7 Å². The van der Waals surface area contributed by atoms with Gasteiger partial charge in [0.05, 0.1) is 32.3 Å². The van der Waals surface area contributed by atoms with Gasteiger partial charge in [-0.1, -0.05) is 73.5 Å². The van der Waals surface area contributed by atoms with Crippen molar-refractivity contribution in [3.8, 4) is 22.3 Å². The molecule has 6 fully saturated rings. The number of ether oxygens (including phenoxy) is 2. The lowest BCUT2D eigenvalue weighted by molar-refractivity contribution is -0.150. The predicted molar refractivity (Wildman–Crippen MR) is 444 cm³/mol. The predicted octanol–water partition coefficient (Wildman–Crippen LogP) is 14.0. The molecule has 24 nitrogen and oxygen atoms in total. The van der Waals surface area contributed by atoms with E-state index in [9.17, 15) is 58.5 Å². The highest BCUT2D eigenvalue weighted by Crippen LogP contribution is 2.46. The molecule has 6 aliphatic rings. The number of anilines is 2. The molecule has 4 aromatic heterocycles. The highest BCUT2D eigenvalue weighted by molar-refractivity contribution is 6.05. The van der Waals surface area contributed by atoms with Crippen LogP contribution in [0.15, 0.2) is 122 Å². The van der Waals surface area contributed by atoms with E-state index in [1.807, 2.05) is 128 Å². The summed E-state index contributed by atoms with van der Waals surface area (Å²) >= 11 is 0. The van der Waals surface area contributed by atoms with Crippen molar-refractivity contribution < 1.29 is 73.1 Å². The number of rotatable bonds is 32. The van der Waals surface area contributed by atoms with Crippen LogP contribution in [0.3, 0.4) is 0 Å². The zero-order chi connectivity index (χ0) is 83.1. The second-order valence-electron chi connectivity index (χ2n) is 31.8. The van der Waals surface area contributed by atoms with Crippen LogP contribution < -0.4 is 16.4 Å². The molecule has 4 aliphatic carbocycles. The third-order valence-corrected chi connectivity index (χ3v) is 23.5. The topological polar surface area (TPSA) is 361 Å². The molecule has 2 saturated heterocycles. The van der Waals surface area contributed by atoms with Gasteiger partial charge in [-0.15, -0.1) is 0 Å². The number of Topliss-reactive ketones (excluding diaryl/α,β-unsaturated/α-hetero) is 2. The Morgan fingerprint density at radius 3 is 1.28 bits per heavy atom. The van der Waals surface area contributed by atoms with Crippen LogP contribution in [0.5, 0.6) is 0 Å². The quantitative estimate of drug-likeness (QED) is 0.0117. The first-order valence-corrected chi connectivity index (χ1v) is 41.2. The molecule has 2 aliphatic heterocycles. The molecule has 4 atom stereocenters. The van der Waals surface area contributed by atoms with E-state index in [1.54, 1.807) is 38.5 Å². The molecule has 6 heterocycles. The number of nitrogens with one attached hydrogen (secondary N) is 2. The average Bonchev–Trinajstić information content (AvgIpc) is 1.79. The van der Waals surface area contributed by atoms with Gasteiger partial charge in [-0.05, 0) is 299 Å². The monoisotopic (exact) mass is 1590 g/mol. The number of carbonyl (C=O) groups excluding carboxylic acids is 7. The number of ketones is 2. The Kier molecular flexibility index (Phi) is 28.8. The van der Waals surface area contributed by atoms with Crippen LogP contribution in [-0.4, -0.2) is 161 Å². The number of aliphatic hydroxyl groups is 2. The van der Waals surface area contributed by atoms with Crippen LogP contribution >= 0.6 is 0 Å². The van der Waals surface area contributed by atoms with Gasteiger partial charge in [0.1, 0.15) is 40.9 Å². The van der Waals surface area contributed by atoms with E-state index in [4.69, 9.17) is 15.6 Å². The van der Waals surface area contributed by atoms with Crippen LogP contribution in [0.2, 0.25) is 0 Å². The fourth-order valence-corrected chi connectivity index (χ4v) is 16.1. The summed E-state index contributed by atoms with van der Waals surface area (Å²) in [6, 6.07) is 29.2. The molecule has 0 bridgehead atoms. The number of amides is 2. The third-order valence-electron chi connectivity index (χ3n) is 23.5. The number of pyridine rings is 4. The summed E-state index contributed by atoms with van der Waals surface area (Å²) in [5.41, 5.74) is 25.0. The number of aliphatic hydroxyl groups excluding tert-OH is 2. The molecular weight excluding hydrogens is 1480 g/mol. The van der Waals surface area contributed by atoms with Crippen molar-refractivity contribution in [2.75, 3.05) is 50.2 Å². The fourth-order valence-electron chi connectivity index (χ4n) is 16.1. The normalized spacial score (nSPS) is 17.2. The molecular formula is C93H107N9O15. The standard InChI is InChI=1S/C47H54N4O7.C41H42N4O5.C5H11NO3/c1-4-58-47(57)34(27-52)19-18-33-24-49-42(23-38(33)30-14-15-30)45(54)50-40-12-8-11-37(29(40)3)36-10-7-9-32(28(36)2)21-44(53)41-22-39(31-16-17-31)35(25-48-41)26-51-20-6-5-13-43(51)46(55)56;1-24-28(17-39(47)36-18-33(26-12-13-26)29(20-42-36)22-45-16-4-3-11-38(45)41(49)50)7-5-8-31(24)32-9-6-10-35(25(32)2)44-40(48)37-19-34(27-14-15-27)30(23-46)21-43-37;1-2-9-5(8)4(6)3-7/h7-12,22-25,30-31,34,43,52H,4-6,13-21,26-27H2,1-3H3,(H,50,54)(H,55,56);5-10,18-21,23,26-27,38H,3-4,11-17,22H2,1-2H3,(H,44,48)(H,49,50);4,7H,2-3,6H2,1H3/t34-,43+;38-;4-/m101/s1. The average molecular weight is 1590 g/mol. The molecule has 24 heteroatoms. The van der Waals surface area contributed by atoms with E-state index in [-0.39, 0.29) is 61.7 Å². The molecule has 0 spiro atoms. The Morgan fingerprint density at radius 1 is 0.479 bits per heavy atom. The summed E-state index contributed by atoms with van der Waals surface area (Å²) < 4.78 is 9.59. The van der Waals surface area contributed by atoms with Gasteiger partial charge in [-0.2, -0.15) is 0 Å². The number of nitrogens with two attached hydrogens (primary N) is 1. The number of hydrogen-bond donors (Lipinski definition) is 7. The molecule has 117 heavy (non-hydrogen) atoms. The molecule has 14 rings (SSSR count). The Bertz CT molecular complexity index is 5030. The lowest BCUT2D eigenvalue weighted by Crippen LogP contribution is -2.44. The summed E-state index contributed by atoms with van der Waals surface area (Å²) in [5.74, 6) is -2.46. The minimum absolute atomic E-state index is 0.0588. The zero-order valence-corrected chi connectivity index (χ0v) is 67.7. The fraction of sp³-hybridized carbons (Fsp3) is 0.430. The van der Waals surface area contributed by atoms with E-state index in [1.165, 1.54) is 6.20 Å². The van der Waals surface area contributed by atoms with Crippen LogP contribution in [0.1, 0.15) is 258 Å². The number of likely N-dealkylation sites (tertiary alicyclic amines) is 2. The van der Waals surface area contributed by atoms with Gasteiger partial charge in [0.25, 0.3) is 11.8 Å². The Balaban J connectivity index is 0.000000196. The highest BCUT2D eigenvalue weighted by atomic mass is 16.5. The molecule has 0 unspecified atom stereocenters. The smallest absolute Gasteiger partial charge is 0.325 e. The number of aldehydes is 1. The molecule has 4 saturated carbocycles. The first-order valence-electron chi connectivity index (χ1n) is 41.2. The van der Waals surface area contributed by atoms with Crippen LogP contribution in [0, 0.1) is 33.6 Å². The summed E-state index contributed by atoms with van der Waals surface area (Å²) in [6.07, 6.45) is 22.4. The Hall–Kier alpha value is -10.9. The summed E-state index contributed by atoms with van der Waals surface area (Å²) in [4.78, 5) is 135. The minimum atomic E-state index is -0.884. The van der Waals surface area contributed by atoms with Gasteiger partial charge < -0.3 is 46.3 Å². The third kappa shape index (κ3) is 21.5. The number of esters is 2. The van der Waals surface area contributed by atoms with Crippen molar-refractivity contribution in [1.29, 1.82) is 0 Å². The largest absolute Gasteiger partial charge is 0.480 e. The molecule has 2 amide bonds. The van der Waals surface area contributed by atoms with Crippen molar-refractivity contribution in [2.45, 2.75) is 212 Å². The number of benzene rings is 4. The minimum Gasteiger partial charge on any atom is -0.480 e. The van der Waals surface area contributed by atoms with Gasteiger partial charge in [0.15, 0.2) is 17.9 Å². The first kappa shape index (κ1) is 85.5. The molecule has 8 aromatic rings. The Morgan fingerprint density at radius 2 is 0.863 bits per heavy atom. The number of hydrogen-bond acceptors (Lipinski definition) is 20. The number of carboxylic acids is 2. The maximum atomic E-state index is 13.8. The molecule has 8 N–H and O–H groups in total. The second-order valence-corrected chi connectivity index (χ2v) is 31.8. The molecule has 4 aromatic carbocycles. The van der Waals surface area contributed by atoms with Gasteiger partial charge in [-0.25, -0.2) is 0 Å². The number of nitrogens with zero attached hydrogens (tertiary/aromatic N) is 6. The number of carboxylic acid groups (broad SMARTS) is 2. The summed E-state index contributed by atoms with van der Waals surface area (Å²) in [6.45, 7) is 13.9. The van der Waals surface area contributed by atoms with Crippen molar-refractivity contribution in [3.05, 3.63) is 223 Å². The number of aliphatic carboxylic acids is 2. The molecule has 0 radical (unpaired) electrons.